The van der Waals surface area contributed by atoms with Crippen LogP contribution >= 0.6 is 0 Å². The van der Waals surface area contributed by atoms with E-state index in [1.807, 2.05) is 0 Å². The number of nitrogens with zero attached hydrogens (tertiary/aromatic N) is 3. The first-order chi connectivity index (χ1) is 12.1. The van der Waals surface area contributed by atoms with Crippen molar-refractivity contribution in [2.24, 2.45) is 5.92 Å². The number of hydrogen-bond acceptors (Lipinski definition) is 6. The normalized spacial score (nSPS) is 20.2. The number of carboxylic acid groups (broad SMARTS) is 1. The molecule has 0 atom stereocenters. The molecule has 1 amide bonds. The summed E-state index contributed by atoms with van der Waals surface area (Å²) in [4.78, 5) is 31.2. The molecule has 132 valence electrons. The molecule has 1 saturated carbocycles. The number of hydrogen-bond donors (Lipinski definition) is 2. The standard InChI is InChI=1S/C17H20N4O4/c22-14(19-13-3-1-12(2-4-13)17(23)24)5-6-15-20-16(21-25-15)11-7-9-18-10-8-11/h7-10,12-13H,1-6H2,(H,19,22)(H,23,24). The summed E-state index contributed by atoms with van der Waals surface area (Å²) in [6.07, 6.45) is 6.56. The van der Waals surface area contributed by atoms with Crippen LogP contribution in [0.15, 0.2) is 29.0 Å². The van der Waals surface area contributed by atoms with Crippen LogP contribution in [0, 0.1) is 5.92 Å². The van der Waals surface area contributed by atoms with Crippen molar-refractivity contribution in [2.45, 2.75) is 44.6 Å². The first kappa shape index (κ1) is 17.1. The van der Waals surface area contributed by atoms with Crippen LogP contribution in [0.3, 0.4) is 0 Å². The fourth-order valence-electron chi connectivity index (χ4n) is 2.98. The van der Waals surface area contributed by atoms with Gasteiger partial charge in [0.05, 0.1) is 5.92 Å². The molecule has 1 fully saturated rings. The van der Waals surface area contributed by atoms with Gasteiger partial charge in [0, 0.05) is 36.8 Å². The number of aliphatic carboxylic acids is 1. The van der Waals surface area contributed by atoms with Crippen LogP contribution < -0.4 is 5.32 Å². The summed E-state index contributed by atoms with van der Waals surface area (Å²) in [5, 5.41) is 15.8. The molecule has 3 rings (SSSR count). The number of pyridine rings is 1. The van der Waals surface area contributed by atoms with Gasteiger partial charge in [-0.3, -0.25) is 14.6 Å². The van der Waals surface area contributed by atoms with Crippen molar-refractivity contribution in [3.8, 4) is 11.4 Å². The molecule has 1 aliphatic rings. The van der Waals surface area contributed by atoms with E-state index in [0.29, 0.717) is 43.8 Å². The summed E-state index contributed by atoms with van der Waals surface area (Å²) >= 11 is 0. The minimum Gasteiger partial charge on any atom is -0.481 e. The molecular formula is C17H20N4O4. The summed E-state index contributed by atoms with van der Waals surface area (Å²) in [7, 11) is 0. The Morgan fingerprint density at radius 2 is 1.92 bits per heavy atom. The number of aromatic nitrogens is 3. The highest BCUT2D eigenvalue weighted by molar-refractivity contribution is 5.76. The number of carbonyl (C=O) groups excluding carboxylic acids is 1. The van der Waals surface area contributed by atoms with Crippen molar-refractivity contribution in [1.29, 1.82) is 0 Å². The SMILES string of the molecule is O=C(CCc1nc(-c2ccncc2)no1)NC1CCC(C(=O)O)CC1. The Morgan fingerprint density at radius 1 is 1.20 bits per heavy atom. The van der Waals surface area contributed by atoms with Crippen molar-refractivity contribution in [3.05, 3.63) is 30.4 Å². The first-order valence-corrected chi connectivity index (χ1v) is 8.37. The van der Waals surface area contributed by atoms with Gasteiger partial charge in [-0.15, -0.1) is 0 Å². The van der Waals surface area contributed by atoms with Gasteiger partial charge >= 0.3 is 5.97 Å². The third kappa shape index (κ3) is 4.62. The van der Waals surface area contributed by atoms with Crippen LogP contribution in [0.4, 0.5) is 0 Å². The first-order valence-electron chi connectivity index (χ1n) is 8.37. The van der Waals surface area contributed by atoms with E-state index in [9.17, 15) is 9.59 Å². The molecule has 0 bridgehead atoms. The van der Waals surface area contributed by atoms with Gasteiger partial charge in [-0.25, -0.2) is 0 Å². The third-order valence-corrected chi connectivity index (χ3v) is 4.41. The highest BCUT2D eigenvalue weighted by Gasteiger charge is 2.26. The van der Waals surface area contributed by atoms with Crippen LogP contribution in [0.2, 0.25) is 0 Å². The topological polar surface area (TPSA) is 118 Å². The van der Waals surface area contributed by atoms with Crippen molar-refractivity contribution in [3.63, 3.8) is 0 Å². The van der Waals surface area contributed by atoms with E-state index in [2.05, 4.69) is 20.4 Å². The quantitative estimate of drug-likeness (QED) is 0.820. The molecule has 0 radical (unpaired) electrons. The molecule has 0 aliphatic heterocycles. The zero-order chi connectivity index (χ0) is 17.6. The molecule has 2 aromatic rings. The van der Waals surface area contributed by atoms with Gasteiger partial charge in [0.25, 0.3) is 0 Å². The van der Waals surface area contributed by atoms with Crippen molar-refractivity contribution in [2.75, 3.05) is 0 Å². The Bertz CT molecular complexity index is 723. The molecule has 25 heavy (non-hydrogen) atoms. The van der Waals surface area contributed by atoms with E-state index in [-0.39, 0.29) is 24.3 Å². The number of amides is 1. The third-order valence-electron chi connectivity index (χ3n) is 4.41. The van der Waals surface area contributed by atoms with E-state index >= 15 is 0 Å². The van der Waals surface area contributed by atoms with Crippen LogP contribution in [0.25, 0.3) is 11.4 Å². The second-order valence-corrected chi connectivity index (χ2v) is 6.20. The molecule has 0 aromatic carbocycles. The van der Waals surface area contributed by atoms with Crippen LogP contribution in [-0.2, 0) is 16.0 Å². The predicted molar refractivity (Wildman–Crippen MR) is 87.4 cm³/mol. The van der Waals surface area contributed by atoms with Gasteiger partial charge in [0.15, 0.2) is 0 Å². The van der Waals surface area contributed by atoms with E-state index < -0.39 is 5.97 Å². The predicted octanol–water partition coefficient (Wildman–Crippen LogP) is 1.82. The number of carbonyl (C=O) groups is 2. The number of carboxylic acids is 1. The molecule has 8 nitrogen and oxygen atoms in total. The maximum atomic E-state index is 12.1. The summed E-state index contributed by atoms with van der Waals surface area (Å²) in [6, 6.07) is 3.63. The van der Waals surface area contributed by atoms with Gasteiger partial charge in [0.1, 0.15) is 0 Å². The van der Waals surface area contributed by atoms with Crippen LogP contribution in [-0.4, -0.2) is 38.1 Å². The van der Waals surface area contributed by atoms with Crippen LogP contribution in [0.5, 0.6) is 0 Å². The van der Waals surface area contributed by atoms with Crippen LogP contribution in [0.1, 0.15) is 38.0 Å². The molecule has 0 saturated heterocycles. The highest BCUT2D eigenvalue weighted by atomic mass is 16.5. The number of nitrogens with one attached hydrogen (secondary N) is 1. The average Bonchev–Trinajstić information content (AvgIpc) is 3.10. The molecule has 2 heterocycles. The summed E-state index contributed by atoms with van der Waals surface area (Å²) in [5.41, 5.74) is 0.810. The van der Waals surface area contributed by atoms with Gasteiger partial charge in [-0.05, 0) is 37.8 Å². The van der Waals surface area contributed by atoms with E-state index in [4.69, 9.17) is 9.63 Å². The maximum Gasteiger partial charge on any atom is 0.306 e. The van der Waals surface area contributed by atoms with Gasteiger partial charge < -0.3 is 14.9 Å². The Kier molecular flexibility index (Phi) is 5.37. The number of rotatable bonds is 6. The lowest BCUT2D eigenvalue weighted by atomic mass is 9.86. The Hall–Kier alpha value is -2.77. The Morgan fingerprint density at radius 3 is 2.60 bits per heavy atom. The van der Waals surface area contributed by atoms with Gasteiger partial charge in [0.2, 0.25) is 17.6 Å². The van der Waals surface area contributed by atoms with Crippen molar-refractivity contribution in [1.82, 2.24) is 20.4 Å². The van der Waals surface area contributed by atoms with Gasteiger partial charge in [-0.1, -0.05) is 5.16 Å². The molecule has 0 spiro atoms. The molecule has 2 aromatic heterocycles. The second kappa shape index (κ2) is 7.87. The Labute approximate surface area is 144 Å². The smallest absolute Gasteiger partial charge is 0.306 e. The fourth-order valence-corrected chi connectivity index (χ4v) is 2.98. The van der Waals surface area contributed by atoms with E-state index in [1.165, 1.54) is 0 Å². The summed E-state index contributed by atoms with van der Waals surface area (Å²) in [6.45, 7) is 0. The fraction of sp³-hybridized carbons (Fsp3) is 0.471. The van der Waals surface area contributed by atoms with Crippen molar-refractivity contribution >= 4 is 11.9 Å². The lowest BCUT2D eigenvalue weighted by Crippen LogP contribution is -2.38. The molecule has 1 aliphatic carbocycles. The molecule has 0 unspecified atom stereocenters. The molecule has 8 heteroatoms. The van der Waals surface area contributed by atoms with E-state index in [0.717, 1.165) is 5.56 Å². The lowest BCUT2D eigenvalue weighted by Gasteiger charge is -2.26. The molecular weight excluding hydrogens is 324 g/mol. The number of aryl methyl sites for hydroxylation is 1. The van der Waals surface area contributed by atoms with Gasteiger partial charge in [-0.2, -0.15) is 4.98 Å². The average molecular weight is 344 g/mol. The zero-order valence-electron chi connectivity index (χ0n) is 13.7. The largest absolute Gasteiger partial charge is 0.481 e. The summed E-state index contributed by atoms with van der Waals surface area (Å²) < 4.78 is 5.17. The Balaban J connectivity index is 1.44. The highest BCUT2D eigenvalue weighted by Crippen LogP contribution is 2.24. The second-order valence-electron chi connectivity index (χ2n) is 6.20. The lowest BCUT2D eigenvalue weighted by molar-refractivity contribution is -0.142. The summed E-state index contributed by atoms with van der Waals surface area (Å²) in [5.74, 6) is -0.215. The zero-order valence-corrected chi connectivity index (χ0v) is 13.7. The maximum absolute atomic E-state index is 12.1. The minimum absolute atomic E-state index is 0.0539. The minimum atomic E-state index is -0.744. The monoisotopic (exact) mass is 344 g/mol. The van der Waals surface area contributed by atoms with E-state index in [1.54, 1.807) is 24.5 Å². The molecule has 2 N–H and O–H groups in total. The van der Waals surface area contributed by atoms with Crippen molar-refractivity contribution < 1.29 is 19.2 Å².